The second kappa shape index (κ2) is 7.20. The minimum atomic E-state index is -0.890. The molecule has 0 bridgehead atoms. The van der Waals surface area contributed by atoms with Crippen molar-refractivity contribution in [2.45, 2.75) is 111 Å². The SMILES string of the molecule is COC(C[C@@H](C)[C@H]1C[C@H](O)[C@@]2(C)C3CC[C@H]4C(C)(C)C(O)CCC45CC35CCC12C)C(=O)O. The summed E-state index contributed by atoms with van der Waals surface area (Å²) in [6.07, 6.45) is 8.00. The van der Waals surface area contributed by atoms with E-state index in [2.05, 4.69) is 34.6 Å². The summed E-state index contributed by atoms with van der Waals surface area (Å²) < 4.78 is 5.28. The van der Waals surface area contributed by atoms with Gasteiger partial charge >= 0.3 is 5.97 Å². The van der Waals surface area contributed by atoms with Crippen LogP contribution in [-0.2, 0) is 9.53 Å². The van der Waals surface area contributed by atoms with Gasteiger partial charge in [-0.2, -0.15) is 0 Å². The van der Waals surface area contributed by atoms with Crippen molar-refractivity contribution in [1.29, 1.82) is 0 Å². The predicted octanol–water partition coefficient (Wildman–Crippen LogP) is 4.88. The lowest BCUT2D eigenvalue weighted by molar-refractivity contribution is -0.182. The van der Waals surface area contributed by atoms with Crippen LogP contribution in [-0.4, -0.2) is 46.7 Å². The van der Waals surface area contributed by atoms with Crippen molar-refractivity contribution < 1.29 is 24.9 Å². The van der Waals surface area contributed by atoms with Crippen molar-refractivity contribution in [2.75, 3.05) is 7.11 Å². The number of carboxylic acids is 1. The molecule has 0 saturated heterocycles. The zero-order valence-corrected chi connectivity index (χ0v) is 21.6. The minimum Gasteiger partial charge on any atom is -0.479 e. The molecule has 6 unspecified atom stereocenters. The molecule has 5 aliphatic carbocycles. The number of methoxy groups -OCH3 is 1. The van der Waals surface area contributed by atoms with Gasteiger partial charge in [-0.3, -0.25) is 0 Å². The molecule has 33 heavy (non-hydrogen) atoms. The summed E-state index contributed by atoms with van der Waals surface area (Å²) in [5.41, 5.74) is 0.545. The van der Waals surface area contributed by atoms with E-state index in [1.807, 2.05) is 0 Å². The summed E-state index contributed by atoms with van der Waals surface area (Å²) in [6, 6.07) is 0. The zero-order valence-electron chi connectivity index (χ0n) is 21.6. The summed E-state index contributed by atoms with van der Waals surface area (Å²) in [4.78, 5) is 11.6. The second-order valence-corrected chi connectivity index (χ2v) is 13.9. The van der Waals surface area contributed by atoms with E-state index in [4.69, 9.17) is 4.74 Å². The maximum absolute atomic E-state index is 11.7. The van der Waals surface area contributed by atoms with Crippen LogP contribution < -0.4 is 0 Å². The number of hydrogen-bond acceptors (Lipinski definition) is 4. The van der Waals surface area contributed by atoms with Crippen LogP contribution in [0.2, 0.25) is 0 Å². The highest BCUT2D eigenvalue weighted by atomic mass is 16.5. The van der Waals surface area contributed by atoms with Crippen LogP contribution in [0.25, 0.3) is 0 Å². The van der Waals surface area contributed by atoms with Crippen molar-refractivity contribution in [2.24, 2.45) is 50.7 Å². The van der Waals surface area contributed by atoms with Gasteiger partial charge in [0.05, 0.1) is 12.2 Å². The molecule has 0 aromatic rings. The van der Waals surface area contributed by atoms with Gasteiger partial charge in [0.1, 0.15) is 0 Å². The van der Waals surface area contributed by atoms with Crippen LogP contribution in [0.3, 0.4) is 0 Å². The van der Waals surface area contributed by atoms with Gasteiger partial charge in [-0.25, -0.2) is 4.79 Å². The Balaban J connectivity index is 1.46. The van der Waals surface area contributed by atoms with Crippen molar-refractivity contribution in [3.8, 4) is 0 Å². The molecule has 0 aliphatic heterocycles. The van der Waals surface area contributed by atoms with E-state index in [0.29, 0.717) is 35.0 Å². The molecule has 0 heterocycles. The highest BCUT2D eigenvalue weighted by Gasteiger charge is 2.83. The van der Waals surface area contributed by atoms with E-state index >= 15 is 0 Å². The summed E-state index contributed by atoms with van der Waals surface area (Å²) in [7, 11) is 1.48. The average Bonchev–Trinajstić information content (AvgIpc) is 3.37. The van der Waals surface area contributed by atoms with Crippen LogP contribution in [0.15, 0.2) is 0 Å². The highest BCUT2D eigenvalue weighted by Crippen LogP contribution is 2.89. The zero-order chi connectivity index (χ0) is 24.2. The van der Waals surface area contributed by atoms with E-state index in [1.54, 1.807) is 0 Å². The van der Waals surface area contributed by atoms with Gasteiger partial charge < -0.3 is 20.1 Å². The van der Waals surface area contributed by atoms with Gasteiger partial charge in [0.25, 0.3) is 0 Å². The first kappa shape index (κ1) is 24.1. The molecule has 5 saturated carbocycles. The number of aliphatic hydroxyl groups is 2. The quantitative estimate of drug-likeness (QED) is 0.542. The molecule has 5 fully saturated rings. The van der Waals surface area contributed by atoms with Crippen molar-refractivity contribution in [1.82, 2.24) is 0 Å². The molecule has 0 aromatic carbocycles. The fourth-order valence-electron chi connectivity index (χ4n) is 11.1. The Kier molecular flexibility index (Phi) is 5.25. The molecular formula is C28H46O5. The second-order valence-electron chi connectivity index (χ2n) is 13.9. The standard InChI is InChI=1S/C28H46O5/c1-16(13-18(33-6)23(31)32)17-14-22(30)26(5)20-8-7-19-24(2,3)21(29)9-10-27(19)15-28(20,27)12-11-25(17,26)4/h16-22,29-30H,7-15H2,1-6H3,(H,31,32)/t16-,17-,18?,19+,20?,21?,22+,25?,26-,27?,28?/m1/s1. The third-order valence-corrected chi connectivity index (χ3v) is 13.1. The lowest BCUT2D eigenvalue weighted by Crippen LogP contribution is -2.59. The average molecular weight is 463 g/mol. The maximum Gasteiger partial charge on any atom is 0.332 e. The monoisotopic (exact) mass is 462 g/mol. The number of fused-ring (bicyclic) bond motifs is 2. The van der Waals surface area contributed by atoms with Gasteiger partial charge in [0, 0.05) is 12.5 Å². The Hall–Kier alpha value is -0.650. The van der Waals surface area contributed by atoms with Crippen LogP contribution >= 0.6 is 0 Å². The van der Waals surface area contributed by atoms with Gasteiger partial charge in [0.2, 0.25) is 0 Å². The first-order chi connectivity index (χ1) is 15.3. The van der Waals surface area contributed by atoms with Crippen LogP contribution in [0.1, 0.15) is 92.4 Å². The van der Waals surface area contributed by atoms with Crippen molar-refractivity contribution in [3.05, 3.63) is 0 Å². The topological polar surface area (TPSA) is 87.0 Å². The molecule has 0 amide bonds. The number of aliphatic carboxylic acids is 1. The Bertz CT molecular complexity index is 825. The Labute approximate surface area is 199 Å². The summed E-state index contributed by atoms with van der Waals surface area (Å²) in [5.74, 6) is 0.720. The predicted molar refractivity (Wildman–Crippen MR) is 126 cm³/mol. The highest BCUT2D eigenvalue weighted by molar-refractivity contribution is 5.72. The largest absolute Gasteiger partial charge is 0.479 e. The van der Waals surface area contributed by atoms with Crippen molar-refractivity contribution in [3.63, 3.8) is 0 Å². The van der Waals surface area contributed by atoms with Gasteiger partial charge in [-0.15, -0.1) is 0 Å². The number of carboxylic acid groups (broad SMARTS) is 1. The van der Waals surface area contributed by atoms with Crippen LogP contribution in [0.5, 0.6) is 0 Å². The number of ether oxygens (including phenoxy) is 1. The van der Waals surface area contributed by atoms with E-state index in [9.17, 15) is 20.1 Å². The van der Waals surface area contributed by atoms with Crippen LogP contribution in [0.4, 0.5) is 0 Å². The lowest BCUT2D eigenvalue weighted by atomic mass is 9.41. The van der Waals surface area contributed by atoms with E-state index in [1.165, 1.54) is 26.4 Å². The Morgan fingerprint density at radius 1 is 0.970 bits per heavy atom. The van der Waals surface area contributed by atoms with E-state index < -0.39 is 12.1 Å². The van der Waals surface area contributed by atoms with E-state index in [-0.39, 0.29) is 34.4 Å². The van der Waals surface area contributed by atoms with Crippen molar-refractivity contribution >= 4 is 5.97 Å². The third-order valence-electron chi connectivity index (χ3n) is 13.1. The molecule has 5 rings (SSSR count). The number of hydrogen-bond donors (Lipinski definition) is 3. The molecule has 5 aliphatic rings. The summed E-state index contributed by atoms with van der Waals surface area (Å²) >= 11 is 0. The third kappa shape index (κ3) is 2.74. The number of aliphatic hydroxyl groups excluding tert-OH is 2. The van der Waals surface area contributed by atoms with E-state index in [0.717, 1.165) is 32.1 Å². The first-order valence-corrected chi connectivity index (χ1v) is 13.4. The summed E-state index contributed by atoms with van der Waals surface area (Å²) in [6.45, 7) is 11.6. The molecule has 0 radical (unpaired) electrons. The molecule has 0 aromatic heterocycles. The molecule has 5 heteroatoms. The maximum atomic E-state index is 11.7. The lowest BCUT2D eigenvalue weighted by Gasteiger charge is -2.63. The van der Waals surface area contributed by atoms with Gasteiger partial charge in [0.15, 0.2) is 6.10 Å². The molecule has 5 nitrogen and oxygen atoms in total. The Morgan fingerprint density at radius 2 is 1.61 bits per heavy atom. The number of carbonyl (C=O) groups is 1. The van der Waals surface area contributed by atoms with Crippen LogP contribution in [0, 0.1) is 50.7 Å². The number of rotatable bonds is 5. The van der Waals surface area contributed by atoms with Gasteiger partial charge in [-0.1, -0.05) is 34.6 Å². The molecule has 11 atom stereocenters. The first-order valence-electron chi connectivity index (χ1n) is 13.4. The summed E-state index contributed by atoms with van der Waals surface area (Å²) in [5, 5.41) is 32.0. The minimum absolute atomic E-state index is 0.0128. The smallest absolute Gasteiger partial charge is 0.332 e. The Morgan fingerprint density at radius 3 is 2.24 bits per heavy atom. The normalized spacial score (nSPS) is 53.8. The fourth-order valence-corrected chi connectivity index (χ4v) is 11.1. The fraction of sp³-hybridized carbons (Fsp3) is 0.964. The molecule has 3 N–H and O–H groups in total. The molecule has 188 valence electrons. The molecular weight excluding hydrogens is 416 g/mol. The molecule has 2 spiro atoms. The van der Waals surface area contributed by atoms with Gasteiger partial charge in [-0.05, 0) is 103 Å².